The van der Waals surface area contributed by atoms with Gasteiger partial charge in [-0.25, -0.2) is 4.39 Å². The van der Waals surface area contributed by atoms with Crippen molar-refractivity contribution in [3.8, 4) is 5.75 Å². The fourth-order valence-corrected chi connectivity index (χ4v) is 4.23. The number of aliphatic imine (C=N–C) groups is 1. The Labute approximate surface area is 220 Å². The van der Waals surface area contributed by atoms with Crippen molar-refractivity contribution in [2.45, 2.75) is 59.8 Å². The number of ether oxygens (including phenoxy) is 1. The number of hydrogen-bond donors (Lipinski definition) is 0. The molecule has 1 heterocycles. The molecule has 1 aromatic heterocycles. The topological polar surface area (TPSA) is 52.9 Å². The van der Waals surface area contributed by atoms with Crippen LogP contribution >= 0.6 is 0 Å². The minimum Gasteiger partial charge on any atom is -0.460 e. The predicted octanol–water partition coefficient (Wildman–Crippen LogP) is 7.96. The Morgan fingerprint density at radius 1 is 1.03 bits per heavy atom. The highest BCUT2D eigenvalue weighted by molar-refractivity contribution is 6.12. The molecular weight excluding hydrogens is 467 g/mol. The predicted molar refractivity (Wildman–Crippen MR) is 148 cm³/mol. The van der Waals surface area contributed by atoms with Gasteiger partial charge in [0.2, 0.25) is 0 Å². The number of nitrogens with zero attached hydrogens (tertiary/aromatic N) is 2. The first-order valence-electron chi connectivity index (χ1n) is 12.7. The normalized spacial score (nSPS) is 16.7. The molecule has 0 aliphatic heterocycles. The molecule has 0 saturated heterocycles. The van der Waals surface area contributed by atoms with Crippen LogP contribution in [0, 0.1) is 5.82 Å². The molecule has 2 aromatic rings. The Morgan fingerprint density at radius 2 is 1.78 bits per heavy atom. The molecule has 1 aliphatic rings. The van der Waals surface area contributed by atoms with Crippen molar-refractivity contribution in [1.82, 2.24) is 4.98 Å². The third-order valence-electron chi connectivity index (χ3n) is 6.37. The molecule has 5 nitrogen and oxygen atoms in total. The molecule has 0 bridgehead atoms. The number of unbranched alkanes of at least 4 members (excludes halogenated alkanes) is 2. The van der Waals surface area contributed by atoms with Gasteiger partial charge >= 0.3 is 0 Å². The van der Waals surface area contributed by atoms with Crippen molar-refractivity contribution in [3.63, 3.8) is 0 Å². The number of halogens is 1. The second-order valence-corrected chi connectivity index (χ2v) is 9.17. The lowest BCUT2D eigenvalue weighted by Crippen LogP contribution is -2.11. The maximum absolute atomic E-state index is 13.5. The standard InChI is InChI=1S/C31H37FN2O3/c1-7-8-9-10-21(2)27(18-24-11-13-25(32)14-12-24)29-16-15-26(20-34-29)36-23(4)28-19-31(37-35-6)22(3)17-30(28)33-5/h11-17,19-20H,7-10,18H2,1-6H3/b27-21-,28-23+,33-30-. The van der Waals surface area contributed by atoms with Crippen molar-refractivity contribution in [2.75, 3.05) is 14.2 Å². The van der Waals surface area contributed by atoms with Crippen molar-refractivity contribution >= 4 is 11.3 Å². The summed E-state index contributed by atoms with van der Waals surface area (Å²) in [6.45, 7) is 8.21. The van der Waals surface area contributed by atoms with E-state index in [1.54, 1.807) is 13.2 Å². The van der Waals surface area contributed by atoms with Gasteiger partial charge in [-0.2, -0.15) is 4.89 Å². The number of pyridine rings is 1. The maximum Gasteiger partial charge on any atom is 0.169 e. The van der Waals surface area contributed by atoms with Crippen LogP contribution in [0.15, 0.2) is 88.0 Å². The first kappa shape index (κ1) is 28.1. The summed E-state index contributed by atoms with van der Waals surface area (Å²) in [6.07, 6.45) is 10.8. The monoisotopic (exact) mass is 504 g/mol. The molecule has 6 heteroatoms. The SMILES string of the molecule is CCCCC/C(C)=C(/Cc1ccc(F)cc1)c1ccc(O/C(C)=C2\C=C(OOC)C(C)=C\C2=N\C)cn1. The van der Waals surface area contributed by atoms with Gasteiger partial charge in [0.05, 0.1) is 24.7 Å². The molecule has 196 valence electrons. The lowest BCUT2D eigenvalue weighted by Gasteiger charge is -2.18. The third kappa shape index (κ3) is 7.73. The maximum atomic E-state index is 13.5. The van der Waals surface area contributed by atoms with Crippen molar-refractivity contribution in [2.24, 2.45) is 4.99 Å². The van der Waals surface area contributed by atoms with E-state index in [9.17, 15) is 4.39 Å². The van der Waals surface area contributed by atoms with Crippen LogP contribution in [0.2, 0.25) is 0 Å². The Hall–Kier alpha value is -3.51. The van der Waals surface area contributed by atoms with Gasteiger partial charge in [-0.1, -0.05) is 37.5 Å². The Morgan fingerprint density at radius 3 is 2.41 bits per heavy atom. The van der Waals surface area contributed by atoms with Crippen LogP contribution in [0.5, 0.6) is 5.75 Å². The summed E-state index contributed by atoms with van der Waals surface area (Å²) in [4.78, 5) is 19.3. The molecule has 0 amide bonds. The van der Waals surface area contributed by atoms with Gasteiger partial charge in [0.25, 0.3) is 0 Å². The van der Waals surface area contributed by atoms with Crippen LogP contribution in [-0.2, 0) is 16.2 Å². The van der Waals surface area contributed by atoms with E-state index in [4.69, 9.17) is 19.5 Å². The second-order valence-electron chi connectivity index (χ2n) is 9.17. The van der Waals surface area contributed by atoms with Crippen LogP contribution in [0.3, 0.4) is 0 Å². The largest absolute Gasteiger partial charge is 0.460 e. The molecule has 0 radical (unpaired) electrons. The smallest absolute Gasteiger partial charge is 0.169 e. The van der Waals surface area contributed by atoms with Crippen LogP contribution in [0.25, 0.3) is 5.57 Å². The molecule has 0 fully saturated rings. The van der Waals surface area contributed by atoms with E-state index in [0.29, 0.717) is 23.7 Å². The zero-order valence-corrected chi connectivity index (χ0v) is 22.7. The summed E-state index contributed by atoms with van der Waals surface area (Å²) in [5.41, 5.74) is 6.96. The average molecular weight is 505 g/mol. The Bertz CT molecular complexity index is 1220. The quantitative estimate of drug-likeness (QED) is 0.135. The number of aromatic nitrogens is 1. The number of rotatable bonds is 11. The van der Waals surface area contributed by atoms with Crippen LogP contribution in [0.1, 0.15) is 64.6 Å². The molecular formula is C31H37FN2O3. The van der Waals surface area contributed by atoms with E-state index in [2.05, 4.69) is 18.8 Å². The van der Waals surface area contributed by atoms with Gasteiger partial charge in [0.15, 0.2) is 5.76 Å². The van der Waals surface area contributed by atoms with Crippen LogP contribution < -0.4 is 4.74 Å². The molecule has 0 N–H and O–H groups in total. The first-order chi connectivity index (χ1) is 17.9. The van der Waals surface area contributed by atoms with E-state index in [1.165, 1.54) is 43.2 Å². The fourth-order valence-electron chi connectivity index (χ4n) is 4.23. The summed E-state index contributed by atoms with van der Waals surface area (Å²) in [5, 5.41) is 0. The zero-order valence-electron chi connectivity index (χ0n) is 22.7. The minimum absolute atomic E-state index is 0.228. The van der Waals surface area contributed by atoms with Gasteiger partial charge in [-0.15, -0.1) is 0 Å². The van der Waals surface area contributed by atoms with Crippen molar-refractivity contribution in [1.29, 1.82) is 0 Å². The van der Waals surface area contributed by atoms with Gasteiger partial charge in [-0.3, -0.25) is 9.98 Å². The van der Waals surface area contributed by atoms with Gasteiger partial charge in [0, 0.05) is 12.6 Å². The average Bonchev–Trinajstić information content (AvgIpc) is 2.90. The fraction of sp³-hybridized carbons (Fsp3) is 0.355. The summed E-state index contributed by atoms with van der Waals surface area (Å²) < 4.78 is 19.6. The van der Waals surface area contributed by atoms with Gasteiger partial charge in [0.1, 0.15) is 17.3 Å². The minimum atomic E-state index is -0.228. The molecule has 37 heavy (non-hydrogen) atoms. The van der Waals surface area contributed by atoms with Gasteiger partial charge in [-0.05, 0) is 93.2 Å². The summed E-state index contributed by atoms with van der Waals surface area (Å²) in [5.74, 6) is 1.68. The lowest BCUT2D eigenvalue weighted by molar-refractivity contribution is -0.234. The molecule has 0 atom stereocenters. The first-order valence-corrected chi connectivity index (χ1v) is 12.7. The molecule has 1 aliphatic carbocycles. The second kappa shape index (κ2) is 13.7. The van der Waals surface area contributed by atoms with Gasteiger partial charge < -0.3 is 9.62 Å². The highest BCUT2D eigenvalue weighted by Crippen LogP contribution is 2.28. The highest BCUT2D eigenvalue weighted by atomic mass is 19.1. The van der Waals surface area contributed by atoms with Crippen molar-refractivity contribution in [3.05, 3.63) is 100 Å². The van der Waals surface area contributed by atoms with E-state index in [1.807, 2.05) is 50.3 Å². The molecule has 0 unspecified atom stereocenters. The van der Waals surface area contributed by atoms with Crippen molar-refractivity contribution < 1.29 is 18.9 Å². The molecule has 0 saturated carbocycles. The summed E-state index contributed by atoms with van der Waals surface area (Å²) in [6, 6.07) is 10.6. The third-order valence-corrected chi connectivity index (χ3v) is 6.37. The van der Waals surface area contributed by atoms with Crippen LogP contribution in [-0.4, -0.2) is 24.9 Å². The number of hydrogen-bond acceptors (Lipinski definition) is 5. The van der Waals surface area contributed by atoms with Crippen LogP contribution in [0.4, 0.5) is 4.39 Å². The Balaban J connectivity index is 1.87. The van der Waals surface area contributed by atoms with E-state index in [0.717, 1.165) is 41.0 Å². The molecule has 1 aromatic carbocycles. The van der Waals surface area contributed by atoms with E-state index in [-0.39, 0.29) is 5.82 Å². The zero-order chi connectivity index (χ0) is 26.8. The molecule has 0 spiro atoms. The summed E-state index contributed by atoms with van der Waals surface area (Å²) in [7, 11) is 3.22. The molecule has 3 rings (SSSR count). The lowest BCUT2D eigenvalue weighted by atomic mass is 9.94. The van der Waals surface area contributed by atoms with E-state index >= 15 is 0 Å². The summed E-state index contributed by atoms with van der Waals surface area (Å²) >= 11 is 0. The van der Waals surface area contributed by atoms with E-state index < -0.39 is 0 Å². The Kier molecular flexibility index (Phi) is 10.4. The highest BCUT2D eigenvalue weighted by Gasteiger charge is 2.18. The number of benzene rings is 1. The number of allylic oxidation sites excluding steroid dienone is 7.